The minimum Gasteiger partial charge on any atom is -0.462 e. The van der Waals surface area contributed by atoms with E-state index in [9.17, 15) is 13.2 Å². The Kier molecular flexibility index (Phi) is 3.97. The summed E-state index contributed by atoms with van der Waals surface area (Å²) < 4.78 is 29.5. The summed E-state index contributed by atoms with van der Waals surface area (Å²) in [5.41, 5.74) is 0.219. The van der Waals surface area contributed by atoms with Gasteiger partial charge in [-0.1, -0.05) is 0 Å². The van der Waals surface area contributed by atoms with E-state index in [1.165, 1.54) is 25.4 Å². The number of nitrogens with one attached hydrogen (secondary N) is 1. The summed E-state index contributed by atoms with van der Waals surface area (Å²) in [5, 5.41) is -0.136. The maximum absolute atomic E-state index is 11.3. The van der Waals surface area contributed by atoms with E-state index in [-0.39, 0.29) is 17.2 Å². The summed E-state index contributed by atoms with van der Waals surface area (Å²) in [6.45, 7) is 1.94. The summed E-state index contributed by atoms with van der Waals surface area (Å²) in [6, 6.07) is 2.60. The van der Waals surface area contributed by atoms with E-state index in [0.29, 0.717) is 0 Å². The van der Waals surface area contributed by atoms with Crippen LogP contribution in [-0.4, -0.2) is 33.0 Å². The number of aromatic nitrogens is 1. The number of hydrogen-bond acceptors (Lipinski definition) is 5. The lowest BCUT2D eigenvalue weighted by molar-refractivity contribution is 0.0525. The highest BCUT2D eigenvalue weighted by Gasteiger charge is 2.14. The van der Waals surface area contributed by atoms with Gasteiger partial charge in [0.15, 0.2) is 5.03 Å². The molecule has 0 aromatic carbocycles. The maximum atomic E-state index is 11.3. The summed E-state index contributed by atoms with van der Waals surface area (Å²) in [6.07, 6.45) is 1.17. The number of carbonyl (C=O) groups excluding carboxylic acids is 1. The predicted molar refractivity (Wildman–Crippen MR) is 56.4 cm³/mol. The van der Waals surface area contributed by atoms with Crippen molar-refractivity contribution in [3.8, 4) is 0 Å². The van der Waals surface area contributed by atoms with Gasteiger partial charge in [-0.2, -0.15) is 0 Å². The zero-order valence-corrected chi connectivity index (χ0v) is 9.74. The first kappa shape index (κ1) is 12.6. The predicted octanol–water partition coefficient (Wildman–Crippen LogP) is 0.166. The highest BCUT2D eigenvalue weighted by molar-refractivity contribution is 7.89. The number of carbonyl (C=O) groups is 1. The van der Waals surface area contributed by atoms with E-state index in [0.717, 1.165) is 0 Å². The Hall–Kier alpha value is -1.47. The third-order valence-corrected chi connectivity index (χ3v) is 3.12. The van der Waals surface area contributed by atoms with Crippen molar-refractivity contribution >= 4 is 16.0 Å². The molecule has 1 aromatic heterocycles. The smallest absolute Gasteiger partial charge is 0.339 e. The van der Waals surface area contributed by atoms with Crippen molar-refractivity contribution in [3.63, 3.8) is 0 Å². The molecule has 1 N–H and O–H groups in total. The highest BCUT2D eigenvalue weighted by atomic mass is 32.2. The lowest BCUT2D eigenvalue weighted by Gasteiger charge is -2.03. The molecule has 0 aliphatic heterocycles. The van der Waals surface area contributed by atoms with Gasteiger partial charge in [0.2, 0.25) is 0 Å². The van der Waals surface area contributed by atoms with Crippen LogP contribution < -0.4 is 4.72 Å². The van der Waals surface area contributed by atoms with Crippen molar-refractivity contribution in [1.82, 2.24) is 9.71 Å². The van der Waals surface area contributed by atoms with Crippen molar-refractivity contribution in [2.24, 2.45) is 0 Å². The average Bonchev–Trinajstić information content (AvgIpc) is 2.29. The second-order valence-corrected chi connectivity index (χ2v) is 4.65. The first-order chi connectivity index (χ1) is 7.51. The van der Waals surface area contributed by atoms with E-state index in [2.05, 4.69) is 9.71 Å². The van der Waals surface area contributed by atoms with Gasteiger partial charge in [0.1, 0.15) is 0 Å². The van der Waals surface area contributed by atoms with Crippen LogP contribution in [0.4, 0.5) is 0 Å². The quantitative estimate of drug-likeness (QED) is 0.763. The van der Waals surface area contributed by atoms with Crippen LogP contribution in [0.25, 0.3) is 0 Å². The van der Waals surface area contributed by atoms with Crippen LogP contribution in [-0.2, 0) is 14.8 Å². The van der Waals surface area contributed by atoms with Gasteiger partial charge in [-0.25, -0.2) is 22.9 Å². The molecule has 0 aliphatic carbocycles. The van der Waals surface area contributed by atoms with Gasteiger partial charge in [0.25, 0.3) is 10.0 Å². The lowest BCUT2D eigenvalue weighted by atomic mass is 10.3. The molecule has 0 saturated heterocycles. The van der Waals surface area contributed by atoms with Crippen molar-refractivity contribution in [2.45, 2.75) is 11.9 Å². The standard InChI is InChI=1S/C9H12N2O4S/c1-3-15-9(12)7-4-5-8(11-6-7)16(13,14)10-2/h4-6,10H,3H2,1-2H3. The number of pyridine rings is 1. The molecule has 0 aliphatic rings. The van der Waals surface area contributed by atoms with Gasteiger partial charge in [-0.15, -0.1) is 0 Å². The molecule has 88 valence electrons. The molecular formula is C9H12N2O4S. The first-order valence-electron chi connectivity index (χ1n) is 4.58. The van der Waals surface area contributed by atoms with Crippen molar-refractivity contribution in [3.05, 3.63) is 23.9 Å². The summed E-state index contributed by atoms with van der Waals surface area (Å²) in [7, 11) is -2.28. The van der Waals surface area contributed by atoms with Crippen LogP contribution in [0, 0.1) is 0 Å². The second-order valence-electron chi connectivity index (χ2n) is 2.81. The summed E-state index contributed by atoms with van der Waals surface area (Å²) >= 11 is 0. The van der Waals surface area contributed by atoms with Crippen LogP contribution in [0.3, 0.4) is 0 Å². The number of sulfonamides is 1. The van der Waals surface area contributed by atoms with Crippen LogP contribution in [0.2, 0.25) is 0 Å². The van der Waals surface area contributed by atoms with Gasteiger partial charge in [0.05, 0.1) is 12.2 Å². The Morgan fingerprint density at radius 3 is 2.62 bits per heavy atom. The summed E-state index contributed by atoms with van der Waals surface area (Å²) in [4.78, 5) is 14.9. The minimum atomic E-state index is -3.57. The minimum absolute atomic E-state index is 0.136. The molecule has 0 unspecified atom stereocenters. The molecule has 0 amide bonds. The Bertz CT molecular complexity index is 467. The molecule has 7 heteroatoms. The van der Waals surface area contributed by atoms with Crippen LogP contribution in [0.1, 0.15) is 17.3 Å². The van der Waals surface area contributed by atoms with Crippen molar-refractivity contribution < 1.29 is 17.9 Å². The molecule has 0 fully saturated rings. The maximum Gasteiger partial charge on any atom is 0.339 e. The van der Waals surface area contributed by atoms with E-state index < -0.39 is 16.0 Å². The molecular weight excluding hydrogens is 232 g/mol. The topological polar surface area (TPSA) is 85.4 Å². The zero-order chi connectivity index (χ0) is 12.2. The number of hydrogen-bond donors (Lipinski definition) is 1. The molecule has 0 bridgehead atoms. The van der Waals surface area contributed by atoms with E-state index in [1.54, 1.807) is 6.92 Å². The van der Waals surface area contributed by atoms with Gasteiger partial charge in [0, 0.05) is 6.20 Å². The fourth-order valence-electron chi connectivity index (χ4n) is 0.979. The average molecular weight is 244 g/mol. The number of rotatable bonds is 4. The Morgan fingerprint density at radius 1 is 1.50 bits per heavy atom. The fourth-order valence-corrected chi connectivity index (χ4v) is 1.63. The van der Waals surface area contributed by atoms with E-state index >= 15 is 0 Å². The molecule has 0 atom stereocenters. The van der Waals surface area contributed by atoms with E-state index in [1.807, 2.05) is 0 Å². The van der Waals surface area contributed by atoms with Crippen LogP contribution >= 0.6 is 0 Å². The Balaban J connectivity index is 2.96. The molecule has 6 nitrogen and oxygen atoms in total. The normalized spacial score (nSPS) is 11.1. The van der Waals surface area contributed by atoms with Gasteiger partial charge in [-0.3, -0.25) is 0 Å². The highest BCUT2D eigenvalue weighted by Crippen LogP contribution is 2.07. The molecule has 0 spiro atoms. The third kappa shape index (κ3) is 2.77. The first-order valence-corrected chi connectivity index (χ1v) is 6.06. The largest absolute Gasteiger partial charge is 0.462 e. The summed E-state index contributed by atoms with van der Waals surface area (Å²) in [5.74, 6) is -0.525. The van der Waals surface area contributed by atoms with Gasteiger partial charge in [-0.05, 0) is 26.1 Å². The second kappa shape index (κ2) is 5.04. The zero-order valence-electron chi connectivity index (χ0n) is 8.93. The number of nitrogens with zero attached hydrogens (tertiary/aromatic N) is 1. The SMILES string of the molecule is CCOC(=O)c1ccc(S(=O)(=O)NC)nc1. The Morgan fingerprint density at radius 2 is 2.19 bits per heavy atom. The third-order valence-electron chi connectivity index (χ3n) is 1.79. The Labute approximate surface area is 93.7 Å². The molecule has 1 heterocycles. The number of ether oxygens (including phenoxy) is 1. The van der Waals surface area contributed by atoms with Gasteiger partial charge < -0.3 is 4.74 Å². The monoisotopic (exact) mass is 244 g/mol. The van der Waals surface area contributed by atoms with Gasteiger partial charge >= 0.3 is 5.97 Å². The van der Waals surface area contributed by atoms with Crippen molar-refractivity contribution in [2.75, 3.05) is 13.7 Å². The number of esters is 1. The molecule has 0 radical (unpaired) electrons. The van der Waals surface area contributed by atoms with Crippen LogP contribution in [0.15, 0.2) is 23.4 Å². The molecule has 1 rings (SSSR count). The lowest BCUT2D eigenvalue weighted by Crippen LogP contribution is -2.20. The van der Waals surface area contributed by atoms with E-state index in [4.69, 9.17) is 4.74 Å². The molecule has 1 aromatic rings. The fraction of sp³-hybridized carbons (Fsp3) is 0.333. The molecule has 0 saturated carbocycles. The van der Waals surface area contributed by atoms with Crippen LogP contribution in [0.5, 0.6) is 0 Å². The van der Waals surface area contributed by atoms with Crippen molar-refractivity contribution in [1.29, 1.82) is 0 Å². The molecule has 16 heavy (non-hydrogen) atoms.